The van der Waals surface area contributed by atoms with Crippen LogP contribution in [-0.4, -0.2) is 52.2 Å². The average molecular weight is 353 g/mol. The van der Waals surface area contributed by atoms with Crippen LogP contribution in [0.2, 0.25) is 0 Å². The van der Waals surface area contributed by atoms with E-state index in [1.807, 2.05) is 36.1 Å². The molecule has 0 aliphatic carbocycles. The summed E-state index contributed by atoms with van der Waals surface area (Å²) < 4.78 is 12.1. The molecule has 6 heteroatoms. The molecule has 6 nitrogen and oxygen atoms in total. The summed E-state index contributed by atoms with van der Waals surface area (Å²) in [6, 6.07) is 9.48. The van der Waals surface area contributed by atoms with Gasteiger partial charge in [0.05, 0.1) is 19.2 Å². The van der Waals surface area contributed by atoms with E-state index in [2.05, 4.69) is 9.97 Å². The van der Waals surface area contributed by atoms with Gasteiger partial charge in [-0.2, -0.15) is 0 Å². The molecule has 3 atom stereocenters. The third-order valence-corrected chi connectivity index (χ3v) is 5.06. The first kappa shape index (κ1) is 17.1. The van der Waals surface area contributed by atoms with Crippen molar-refractivity contribution in [1.82, 2.24) is 14.9 Å². The Morgan fingerprint density at radius 2 is 2.15 bits per heavy atom. The molecular weight excluding hydrogens is 330 g/mol. The second-order valence-corrected chi connectivity index (χ2v) is 6.87. The minimum absolute atomic E-state index is 0.0378. The zero-order valence-corrected chi connectivity index (χ0v) is 14.9. The largest absolute Gasteiger partial charge is 0.373 e. The summed E-state index contributed by atoms with van der Waals surface area (Å²) in [4.78, 5) is 23.3. The van der Waals surface area contributed by atoms with E-state index in [0.29, 0.717) is 18.8 Å². The van der Waals surface area contributed by atoms with Crippen molar-refractivity contribution < 1.29 is 14.3 Å². The Bertz CT molecular complexity index is 768. The molecule has 0 bridgehead atoms. The van der Waals surface area contributed by atoms with E-state index in [1.54, 1.807) is 18.5 Å². The molecule has 0 saturated carbocycles. The number of carbonyl (C=O) groups is 1. The number of carbonyl (C=O) groups excluding carboxylic acids is 1. The van der Waals surface area contributed by atoms with E-state index < -0.39 is 0 Å². The fraction of sp³-hybridized carbons (Fsp3) is 0.450. The van der Waals surface area contributed by atoms with Crippen LogP contribution in [0.5, 0.6) is 0 Å². The van der Waals surface area contributed by atoms with E-state index in [-0.39, 0.29) is 24.2 Å². The summed E-state index contributed by atoms with van der Waals surface area (Å²) in [6.45, 7) is 3.65. The predicted octanol–water partition coefficient (Wildman–Crippen LogP) is 2.37. The Morgan fingerprint density at radius 3 is 2.96 bits per heavy atom. The minimum Gasteiger partial charge on any atom is -0.373 e. The molecule has 2 aliphatic heterocycles. The molecule has 4 heterocycles. The number of pyridine rings is 2. The molecule has 4 rings (SSSR count). The van der Waals surface area contributed by atoms with Crippen molar-refractivity contribution in [1.29, 1.82) is 0 Å². The van der Waals surface area contributed by atoms with Gasteiger partial charge in [0.15, 0.2) is 0 Å². The fourth-order valence-electron chi connectivity index (χ4n) is 3.78. The predicted molar refractivity (Wildman–Crippen MR) is 95.6 cm³/mol. The van der Waals surface area contributed by atoms with Crippen LogP contribution < -0.4 is 0 Å². The van der Waals surface area contributed by atoms with Crippen molar-refractivity contribution in [2.75, 3.05) is 13.2 Å². The van der Waals surface area contributed by atoms with Crippen molar-refractivity contribution in [3.8, 4) is 0 Å². The van der Waals surface area contributed by atoms with Crippen LogP contribution >= 0.6 is 0 Å². The number of aryl methyl sites for hydroxylation is 1. The molecule has 1 amide bonds. The topological polar surface area (TPSA) is 64.6 Å². The van der Waals surface area contributed by atoms with Gasteiger partial charge < -0.3 is 14.4 Å². The number of ether oxygens (including phenoxy) is 2. The summed E-state index contributed by atoms with van der Waals surface area (Å²) in [6.07, 6.45) is 5.22. The summed E-state index contributed by atoms with van der Waals surface area (Å²) in [5.41, 5.74) is 2.40. The highest BCUT2D eigenvalue weighted by atomic mass is 16.5. The highest BCUT2D eigenvalue weighted by molar-refractivity contribution is 5.93. The van der Waals surface area contributed by atoms with Gasteiger partial charge in [0.25, 0.3) is 5.91 Å². The smallest absolute Gasteiger partial charge is 0.272 e. The maximum Gasteiger partial charge on any atom is 0.272 e. The number of aromatic nitrogens is 2. The van der Waals surface area contributed by atoms with Gasteiger partial charge in [0.2, 0.25) is 0 Å². The number of nitrogens with zero attached hydrogens (tertiary/aromatic N) is 3. The highest BCUT2D eigenvalue weighted by Crippen LogP contribution is 2.32. The number of hydrogen-bond acceptors (Lipinski definition) is 5. The molecule has 2 fully saturated rings. The first-order valence-electron chi connectivity index (χ1n) is 9.09. The molecule has 136 valence electrons. The van der Waals surface area contributed by atoms with Gasteiger partial charge in [-0.15, -0.1) is 0 Å². The first-order chi connectivity index (χ1) is 12.7. The quantitative estimate of drug-likeness (QED) is 0.844. The van der Waals surface area contributed by atoms with E-state index in [0.717, 1.165) is 30.7 Å². The summed E-state index contributed by atoms with van der Waals surface area (Å²) >= 11 is 0. The first-order valence-corrected chi connectivity index (χ1v) is 9.09. The molecule has 26 heavy (non-hydrogen) atoms. The maximum atomic E-state index is 13.0. The highest BCUT2D eigenvalue weighted by Gasteiger charge is 2.47. The van der Waals surface area contributed by atoms with E-state index in [9.17, 15) is 4.79 Å². The van der Waals surface area contributed by atoms with Gasteiger partial charge in [-0.05, 0) is 49.6 Å². The van der Waals surface area contributed by atoms with E-state index in [4.69, 9.17) is 9.47 Å². The Hall–Kier alpha value is -2.31. The molecule has 2 aliphatic rings. The van der Waals surface area contributed by atoms with Gasteiger partial charge in [-0.3, -0.25) is 9.78 Å². The average Bonchev–Trinajstić information content (AvgIpc) is 3.05. The van der Waals surface area contributed by atoms with Gasteiger partial charge >= 0.3 is 0 Å². The standard InChI is InChI=1S/C20H23N3O3/c1-14-4-2-5-16(22-14)20(24)23-12-18(19-17(23)6-3-11-25-19)26-13-15-7-9-21-10-8-15/h2,4-5,7-10,17-19H,3,6,11-13H2,1H3/t17-,18+,19+/m0/s1. The van der Waals surface area contributed by atoms with Crippen molar-refractivity contribution in [2.45, 2.75) is 44.6 Å². The van der Waals surface area contributed by atoms with E-state index in [1.165, 1.54) is 0 Å². The molecule has 2 aromatic rings. The van der Waals surface area contributed by atoms with Crippen molar-refractivity contribution >= 4 is 5.91 Å². The number of fused-ring (bicyclic) bond motifs is 1. The SMILES string of the molecule is Cc1cccc(C(=O)N2C[C@@H](OCc3ccncc3)[C@@H]3OCCC[C@@H]32)n1. The minimum atomic E-state index is -0.123. The van der Waals surface area contributed by atoms with Crippen LogP contribution in [0, 0.1) is 6.92 Å². The molecule has 0 N–H and O–H groups in total. The zero-order chi connectivity index (χ0) is 17.9. The number of likely N-dealkylation sites (tertiary alicyclic amines) is 1. The molecular formula is C20H23N3O3. The second kappa shape index (κ2) is 7.51. The Labute approximate surface area is 153 Å². The number of rotatable bonds is 4. The Kier molecular flexibility index (Phi) is 4.95. The van der Waals surface area contributed by atoms with Crippen LogP contribution in [0.15, 0.2) is 42.7 Å². The summed E-state index contributed by atoms with van der Waals surface area (Å²) in [7, 11) is 0. The normalized spacial score (nSPS) is 25.1. The molecule has 0 spiro atoms. The lowest BCUT2D eigenvalue weighted by Crippen LogP contribution is -2.44. The van der Waals surface area contributed by atoms with Gasteiger partial charge in [-0.25, -0.2) is 4.98 Å². The van der Waals surface area contributed by atoms with Crippen molar-refractivity contribution in [3.63, 3.8) is 0 Å². The Balaban J connectivity index is 1.50. The molecule has 0 aromatic carbocycles. The monoisotopic (exact) mass is 353 g/mol. The molecule has 2 aromatic heterocycles. The molecule has 0 radical (unpaired) electrons. The lowest BCUT2D eigenvalue weighted by Gasteiger charge is -2.32. The van der Waals surface area contributed by atoms with Gasteiger partial charge in [0, 0.05) is 24.7 Å². The third-order valence-electron chi connectivity index (χ3n) is 5.06. The third kappa shape index (κ3) is 3.48. The second-order valence-electron chi connectivity index (χ2n) is 6.87. The van der Waals surface area contributed by atoms with Crippen LogP contribution in [0.4, 0.5) is 0 Å². The van der Waals surface area contributed by atoms with Crippen LogP contribution in [0.25, 0.3) is 0 Å². The molecule has 0 unspecified atom stereocenters. The number of amides is 1. The lowest BCUT2D eigenvalue weighted by molar-refractivity contribution is -0.0809. The van der Waals surface area contributed by atoms with Crippen molar-refractivity contribution in [2.24, 2.45) is 0 Å². The summed E-state index contributed by atoms with van der Waals surface area (Å²) in [5.74, 6) is -0.0378. The van der Waals surface area contributed by atoms with Gasteiger partial charge in [-0.1, -0.05) is 6.07 Å². The van der Waals surface area contributed by atoms with Crippen molar-refractivity contribution in [3.05, 3.63) is 59.7 Å². The van der Waals surface area contributed by atoms with Crippen LogP contribution in [-0.2, 0) is 16.1 Å². The van der Waals surface area contributed by atoms with Crippen LogP contribution in [0.1, 0.15) is 34.6 Å². The molecule has 2 saturated heterocycles. The Morgan fingerprint density at radius 1 is 1.31 bits per heavy atom. The number of hydrogen-bond donors (Lipinski definition) is 0. The lowest BCUT2D eigenvalue weighted by atomic mass is 10.0. The van der Waals surface area contributed by atoms with Crippen LogP contribution in [0.3, 0.4) is 0 Å². The van der Waals surface area contributed by atoms with E-state index >= 15 is 0 Å². The zero-order valence-electron chi connectivity index (χ0n) is 14.9. The van der Waals surface area contributed by atoms with Gasteiger partial charge in [0.1, 0.15) is 17.9 Å². The summed E-state index contributed by atoms with van der Waals surface area (Å²) in [5, 5.41) is 0. The maximum absolute atomic E-state index is 13.0. The fourth-order valence-corrected chi connectivity index (χ4v) is 3.78.